The maximum atomic E-state index is 11.8. The van der Waals surface area contributed by atoms with E-state index in [1.165, 1.54) is 17.0 Å². The van der Waals surface area contributed by atoms with Gasteiger partial charge in [-0.25, -0.2) is 9.67 Å². The van der Waals surface area contributed by atoms with Crippen LogP contribution in [-0.4, -0.2) is 24.5 Å². The molecule has 0 saturated carbocycles. The fourth-order valence-electron chi connectivity index (χ4n) is 1.89. The molecule has 0 fully saturated rings. The van der Waals surface area contributed by atoms with E-state index in [2.05, 4.69) is 15.3 Å². The second kappa shape index (κ2) is 5.08. The van der Waals surface area contributed by atoms with Crippen LogP contribution in [0.15, 0.2) is 53.7 Å². The predicted octanol–water partition coefficient (Wildman–Crippen LogP) is 1.18. The van der Waals surface area contributed by atoms with Crippen molar-refractivity contribution >= 4 is 0 Å². The molecule has 100 valence electrons. The second-order valence-electron chi connectivity index (χ2n) is 4.49. The molecule has 3 rings (SSSR count). The summed E-state index contributed by atoms with van der Waals surface area (Å²) in [5.41, 5.74) is 2.26. The molecule has 0 atom stereocenters. The van der Waals surface area contributed by atoms with Gasteiger partial charge in [-0.15, -0.1) is 5.10 Å². The molecule has 0 radical (unpaired) electrons. The number of rotatable bonds is 3. The first-order chi connectivity index (χ1) is 9.72. The maximum Gasteiger partial charge on any atom is 0.253 e. The number of aryl methyl sites for hydroxylation is 1. The van der Waals surface area contributed by atoms with Crippen LogP contribution >= 0.6 is 0 Å². The molecule has 2 aromatic heterocycles. The summed E-state index contributed by atoms with van der Waals surface area (Å²) in [7, 11) is 0. The van der Waals surface area contributed by atoms with Crippen molar-refractivity contribution in [2.24, 2.45) is 0 Å². The molecule has 2 heterocycles. The molecule has 3 aromatic rings. The number of para-hydroxylation sites is 1. The van der Waals surface area contributed by atoms with Gasteiger partial charge >= 0.3 is 0 Å². The Labute approximate surface area is 115 Å². The van der Waals surface area contributed by atoms with E-state index in [4.69, 9.17) is 0 Å². The van der Waals surface area contributed by atoms with Gasteiger partial charge in [0.25, 0.3) is 5.56 Å². The minimum Gasteiger partial charge on any atom is -0.293 e. The van der Waals surface area contributed by atoms with Crippen molar-refractivity contribution in [1.29, 1.82) is 0 Å². The van der Waals surface area contributed by atoms with Crippen LogP contribution < -0.4 is 5.56 Å². The monoisotopic (exact) mass is 267 g/mol. The lowest BCUT2D eigenvalue weighted by Gasteiger charge is -2.01. The van der Waals surface area contributed by atoms with Gasteiger partial charge in [0, 0.05) is 11.8 Å². The first kappa shape index (κ1) is 12.3. The van der Waals surface area contributed by atoms with E-state index in [0.29, 0.717) is 17.9 Å². The number of hydrogen-bond donors (Lipinski definition) is 0. The van der Waals surface area contributed by atoms with E-state index in [1.54, 1.807) is 11.6 Å². The van der Waals surface area contributed by atoms with E-state index >= 15 is 0 Å². The van der Waals surface area contributed by atoms with Gasteiger partial charge in [0.1, 0.15) is 5.69 Å². The summed E-state index contributed by atoms with van der Waals surface area (Å²) < 4.78 is 3.19. The van der Waals surface area contributed by atoms with Crippen LogP contribution in [0.25, 0.3) is 5.69 Å². The maximum absolute atomic E-state index is 11.8. The van der Waals surface area contributed by atoms with Crippen molar-refractivity contribution in [2.75, 3.05) is 0 Å². The Morgan fingerprint density at radius 3 is 2.75 bits per heavy atom. The summed E-state index contributed by atoms with van der Waals surface area (Å²) in [6.07, 6.45) is 3.33. The molecule has 0 aliphatic carbocycles. The molecule has 20 heavy (non-hydrogen) atoms. The Morgan fingerprint density at radius 2 is 2.00 bits per heavy atom. The molecule has 0 unspecified atom stereocenters. The highest BCUT2D eigenvalue weighted by Gasteiger charge is 2.05. The number of hydrogen-bond acceptors (Lipinski definition) is 4. The lowest BCUT2D eigenvalue weighted by atomic mass is 10.3. The zero-order valence-corrected chi connectivity index (χ0v) is 11.0. The highest BCUT2D eigenvalue weighted by Crippen LogP contribution is 2.06. The van der Waals surface area contributed by atoms with Crippen LogP contribution in [0.2, 0.25) is 0 Å². The third kappa shape index (κ3) is 2.49. The van der Waals surface area contributed by atoms with Crippen LogP contribution in [0.1, 0.15) is 11.4 Å². The Hall–Kier alpha value is -2.76. The van der Waals surface area contributed by atoms with Crippen LogP contribution in [0.4, 0.5) is 0 Å². The van der Waals surface area contributed by atoms with Crippen molar-refractivity contribution in [2.45, 2.75) is 13.5 Å². The molecule has 1 aromatic carbocycles. The first-order valence-corrected chi connectivity index (χ1v) is 6.22. The van der Waals surface area contributed by atoms with E-state index < -0.39 is 0 Å². The number of aromatic nitrogens is 5. The largest absolute Gasteiger partial charge is 0.293 e. The SMILES string of the molecule is Cc1cc(=O)n(Cc2cn(-c3ccccc3)nn2)cn1. The minimum absolute atomic E-state index is 0.0910. The van der Waals surface area contributed by atoms with Gasteiger partial charge in [-0.05, 0) is 19.1 Å². The van der Waals surface area contributed by atoms with Crippen molar-refractivity contribution in [3.63, 3.8) is 0 Å². The summed E-state index contributed by atoms with van der Waals surface area (Å²) in [4.78, 5) is 15.9. The standard InChI is InChI=1S/C14H13N5O/c1-11-7-14(20)18(10-15-11)8-12-9-19(17-16-12)13-5-3-2-4-6-13/h2-7,9-10H,8H2,1H3. The zero-order valence-electron chi connectivity index (χ0n) is 11.0. The topological polar surface area (TPSA) is 65.6 Å². The van der Waals surface area contributed by atoms with E-state index in [1.807, 2.05) is 36.5 Å². The van der Waals surface area contributed by atoms with Crippen molar-refractivity contribution in [1.82, 2.24) is 24.5 Å². The van der Waals surface area contributed by atoms with E-state index in [9.17, 15) is 4.79 Å². The smallest absolute Gasteiger partial charge is 0.253 e. The van der Waals surface area contributed by atoms with E-state index in [0.717, 1.165) is 5.69 Å². The Bertz CT molecular complexity index is 776. The van der Waals surface area contributed by atoms with Gasteiger partial charge in [-0.2, -0.15) is 0 Å². The van der Waals surface area contributed by atoms with Crippen molar-refractivity contribution < 1.29 is 0 Å². The summed E-state index contributed by atoms with van der Waals surface area (Å²) in [6, 6.07) is 11.2. The lowest BCUT2D eigenvalue weighted by Crippen LogP contribution is -2.20. The van der Waals surface area contributed by atoms with Gasteiger partial charge in [0.15, 0.2) is 0 Å². The van der Waals surface area contributed by atoms with Gasteiger partial charge in [0.2, 0.25) is 0 Å². The van der Waals surface area contributed by atoms with Gasteiger partial charge < -0.3 is 0 Å². The third-order valence-corrected chi connectivity index (χ3v) is 2.91. The molecule has 0 aliphatic rings. The van der Waals surface area contributed by atoms with Crippen molar-refractivity contribution in [3.8, 4) is 5.69 Å². The summed E-state index contributed by atoms with van der Waals surface area (Å²) in [5.74, 6) is 0. The van der Waals surface area contributed by atoms with Gasteiger partial charge in [0.05, 0.1) is 24.8 Å². The van der Waals surface area contributed by atoms with Gasteiger partial charge in [-0.1, -0.05) is 23.4 Å². The van der Waals surface area contributed by atoms with E-state index in [-0.39, 0.29) is 5.56 Å². The van der Waals surface area contributed by atoms with Gasteiger partial charge in [-0.3, -0.25) is 9.36 Å². The number of nitrogens with zero attached hydrogens (tertiary/aromatic N) is 5. The van der Waals surface area contributed by atoms with Crippen LogP contribution in [0.5, 0.6) is 0 Å². The highest BCUT2D eigenvalue weighted by atomic mass is 16.1. The van der Waals surface area contributed by atoms with Crippen LogP contribution in [-0.2, 0) is 6.54 Å². The molecule has 0 saturated heterocycles. The first-order valence-electron chi connectivity index (χ1n) is 6.22. The average Bonchev–Trinajstić information content (AvgIpc) is 2.92. The molecule has 0 bridgehead atoms. The summed E-state index contributed by atoms with van der Waals surface area (Å²) >= 11 is 0. The fourth-order valence-corrected chi connectivity index (χ4v) is 1.89. The minimum atomic E-state index is -0.0910. The van der Waals surface area contributed by atoms with Crippen molar-refractivity contribution in [3.05, 3.63) is 70.7 Å². The number of benzene rings is 1. The molecular weight excluding hydrogens is 254 g/mol. The lowest BCUT2D eigenvalue weighted by molar-refractivity contribution is 0.708. The molecule has 6 nitrogen and oxygen atoms in total. The highest BCUT2D eigenvalue weighted by molar-refractivity contribution is 5.29. The molecular formula is C14H13N5O. The summed E-state index contributed by atoms with van der Waals surface area (Å²) in [6.45, 7) is 2.15. The molecule has 6 heteroatoms. The molecule has 0 aliphatic heterocycles. The Balaban J connectivity index is 1.86. The van der Waals surface area contributed by atoms with Crippen LogP contribution in [0, 0.1) is 6.92 Å². The summed E-state index contributed by atoms with van der Waals surface area (Å²) in [5, 5.41) is 8.14. The Kier molecular flexibility index (Phi) is 3.12. The molecule has 0 N–H and O–H groups in total. The molecule has 0 amide bonds. The third-order valence-electron chi connectivity index (χ3n) is 2.91. The normalized spacial score (nSPS) is 10.7. The predicted molar refractivity (Wildman–Crippen MR) is 73.7 cm³/mol. The molecule has 0 spiro atoms. The average molecular weight is 267 g/mol. The van der Waals surface area contributed by atoms with Crippen LogP contribution in [0.3, 0.4) is 0 Å². The second-order valence-corrected chi connectivity index (χ2v) is 4.49. The fraction of sp³-hybridized carbons (Fsp3) is 0.143. The zero-order chi connectivity index (χ0) is 13.9. The quantitative estimate of drug-likeness (QED) is 0.714. The Morgan fingerprint density at radius 1 is 1.20 bits per heavy atom.